The highest BCUT2D eigenvalue weighted by Gasteiger charge is 2.22. The van der Waals surface area contributed by atoms with Gasteiger partial charge in [0.1, 0.15) is 0 Å². The Kier molecular flexibility index (Phi) is 4.62. The molecule has 2 aromatic rings. The molecular weight excluding hydrogens is 369 g/mol. The third kappa shape index (κ3) is 3.79. The highest BCUT2D eigenvalue weighted by molar-refractivity contribution is 14.1. The molecule has 4 heteroatoms. The van der Waals surface area contributed by atoms with Gasteiger partial charge in [0.05, 0.1) is 0 Å². The van der Waals surface area contributed by atoms with Crippen LogP contribution in [0.5, 0.6) is 0 Å². The molecule has 0 unspecified atom stereocenters. The third-order valence-corrected chi connectivity index (χ3v) is 4.87. The van der Waals surface area contributed by atoms with Gasteiger partial charge in [-0.2, -0.15) is 0 Å². The first-order valence-electron chi connectivity index (χ1n) is 6.07. The first-order valence-corrected chi connectivity index (χ1v) is 8.03. The van der Waals surface area contributed by atoms with E-state index in [1.807, 2.05) is 30.3 Å². The van der Waals surface area contributed by atoms with E-state index < -0.39 is 0 Å². The van der Waals surface area contributed by atoms with Crippen LogP contribution in [-0.2, 0) is 5.41 Å². The summed E-state index contributed by atoms with van der Waals surface area (Å²) in [4.78, 5) is 13.4. The fraction of sp³-hybridized carbons (Fsp3) is 0.267. The first-order chi connectivity index (χ1) is 8.99. The summed E-state index contributed by atoms with van der Waals surface area (Å²) in [6.07, 6.45) is 0. The van der Waals surface area contributed by atoms with Gasteiger partial charge in [0.25, 0.3) is 5.91 Å². The Morgan fingerprint density at radius 2 is 2.11 bits per heavy atom. The van der Waals surface area contributed by atoms with E-state index in [0.717, 1.165) is 3.57 Å². The second-order valence-electron chi connectivity index (χ2n) is 5.05. The number of carbonyl (C=O) groups is 1. The number of benzene rings is 1. The topological polar surface area (TPSA) is 29.1 Å². The standard InChI is InChI=1S/C15H16INOS/c1-15(2,13-7-4-8-19-13)10-17-14(18)11-5-3-6-12(16)9-11/h3-9H,10H2,1-2H3,(H,17,18). The van der Waals surface area contributed by atoms with E-state index in [1.165, 1.54) is 4.88 Å². The molecule has 19 heavy (non-hydrogen) atoms. The predicted molar refractivity (Wildman–Crippen MR) is 88.8 cm³/mol. The lowest BCUT2D eigenvalue weighted by Crippen LogP contribution is -2.36. The second kappa shape index (κ2) is 6.05. The Balaban J connectivity index is 2.01. The summed E-state index contributed by atoms with van der Waals surface area (Å²) in [5.74, 6) is -0.0110. The van der Waals surface area contributed by atoms with Crippen LogP contribution in [0.2, 0.25) is 0 Å². The summed E-state index contributed by atoms with van der Waals surface area (Å²) < 4.78 is 1.07. The Bertz CT molecular complexity index is 563. The second-order valence-corrected chi connectivity index (χ2v) is 7.25. The molecule has 0 spiro atoms. The van der Waals surface area contributed by atoms with Crippen LogP contribution in [0, 0.1) is 3.57 Å². The monoisotopic (exact) mass is 385 g/mol. The van der Waals surface area contributed by atoms with Gasteiger partial charge in [-0.05, 0) is 52.2 Å². The Hall–Kier alpha value is -0.880. The summed E-state index contributed by atoms with van der Waals surface area (Å²) in [7, 11) is 0. The number of nitrogens with one attached hydrogen (secondary N) is 1. The molecule has 0 aliphatic carbocycles. The molecule has 0 fully saturated rings. The van der Waals surface area contributed by atoms with Crippen molar-refractivity contribution in [2.45, 2.75) is 19.3 Å². The van der Waals surface area contributed by atoms with E-state index in [-0.39, 0.29) is 11.3 Å². The molecule has 0 bridgehead atoms. The molecule has 1 heterocycles. The maximum atomic E-state index is 12.1. The highest BCUT2D eigenvalue weighted by atomic mass is 127. The van der Waals surface area contributed by atoms with E-state index in [2.05, 4.69) is 53.2 Å². The van der Waals surface area contributed by atoms with Gasteiger partial charge >= 0.3 is 0 Å². The summed E-state index contributed by atoms with van der Waals surface area (Å²) >= 11 is 3.94. The fourth-order valence-corrected chi connectivity index (χ4v) is 3.18. The van der Waals surface area contributed by atoms with E-state index in [9.17, 15) is 4.79 Å². The summed E-state index contributed by atoms with van der Waals surface area (Å²) in [5.41, 5.74) is 0.681. The van der Waals surface area contributed by atoms with Gasteiger partial charge in [0, 0.05) is 26.0 Å². The van der Waals surface area contributed by atoms with Crippen LogP contribution >= 0.6 is 33.9 Å². The number of carbonyl (C=O) groups excluding carboxylic acids is 1. The van der Waals surface area contributed by atoms with Crippen molar-refractivity contribution in [1.29, 1.82) is 0 Å². The van der Waals surface area contributed by atoms with Crippen molar-refractivity contribution < 1.29 is 4.79 Å². The third-order valence-electron chi connectivity index (χ3n) is 2.97. The SMILES string of the molecule is CC(C)(CNC(=O)c1cccc(I)c1)c1cccs1. The maximum Gasteiger partial charge on any atom is 0.251 e. The minimum atomic E-state index is -0.0360. The van der Waals surface area contributed by atoms with E-state index in [0.29, 0.717) is 12.1 Å². The van der Waals surface area contributed by atoms with Crippen LogP contribution in [0.1, 0.15) is 29.1 Å². The number of thiophene rings is 1. The van der Waals surface area contributed by atoms with Crippen molar-refractivity contribution >= 4 is 39.8 Å². The normalized spacial score (nSPS) is 11.3. The largest absolute Gasteiger partial charge is 0.351 e. The zero-order valence-electron chi connectivity index (χ0n) is 10.9. The fourth-order valence-electron chi connectivity index (χ4n) is 1.78. The summed E-state index contributed by atoms with van der Waals surface area (Å²) in [6.45, 7) is 4.93. The van der Waals surface area contributed by atoms with Crippen LogP contribution < -0.4 is 5.32 Å². The number of rotatable bonds is 4. The van der Waals surface area contributed by atoms with Crippen molar-refractivity contribution in [3.05, 3.63) is 55.8 Å². The number of halogens is 1. The number of hydrogen-bond acceptors (Lipinski definition) is 2. The average Bonchev–Trinajstić information content (AvgIpc) is 2.90. The minimum absolute atomic E-state index is 0.0110. The van der Waals surface area contributed by atoms with Gasteiger partial charge in [-0.1, -0.05) is 26.0 Å². The summed E-state index contributed by atoms with van der Waals surface area (Å²) in [6, 6.07) is 11.8. The molecule has 1 N–H and O–H groups in total. The van der Waals surface area contributed by atoms with Gasteiger partial charge in [0.15, 0.2) is 0 Å². The van der Waals surface area contributed by atoms with Gasteiger partial charge in [-0.25, -0.2) is 0 Å². The van der Waals surface area contributed by atoms with Crippen LogP contribution in [0.25, 0.3) is 0 Å². The molecule has 0 saturated carbocycles. The van der Waals surface area contributed by atoms with Crippen LogP contribution in [0.3, 0.4) is 0 Å². The van der Waals surface area contributed by atoms with Crippen LogP contribution in [0.15, 0.2) is 41.8 Å². The lowest BCUT2D eigenvalue weighted by Gasteiger charge is -2.23. The van der Waals surface area contributed by atoms with Gasteiger partial charge < -0.3 is 5.32 Å². The maximum absolute atomic E-state index is 12.1. The molecular formula is C15H16INOS. The van der Waals surface area contributed by atoms with Gasteiger partial charge in [-0.15, -0.1) is 11.3 Å². The molecule has 0 radical (unpaired) electrons. The molecule has 0 aliphatic rings. The smallest absolute Gasteiger partial charge is 0.251 e. The molecule has 100 valence electrons. The van der Waals surface area contributed by atoms with E-state index in [1.54, 1.807) is 11.3 Å². The van der Waals surface area contributed by atoms with Crippen LogP contribution in [-0.4, -0.2) is 12.5 Å². The van der Waals surface area contributed by atoms with Gasteiger partial charge in [-0.3, -0.25) is 4.79 Å². The molecule has 2 rings (SSSR count). The molecule has 0 aliphatic heterocycles. The van der Waals surface area contributed by atoms with Crippen molar-refractivity contribution in [2.75, 3.05) is 6.54 Å². The quantitative estimate of drug-likeness (QED) is 0.791. The lowest BCUT2D eigenvalue weighted by molar-refractivity contribution is 0.0946. The van der Waals surface area contributed by atoms with Crippen molar-refractivity contribution in [3.63, 3.8) is 0 Å². The molecule has 0 atom stereocenters. The molecule has 1 aromatic carbocycles. The summed E-state index contributed by atoms with van der Waals surface area (Å²) in [5, 5.41) is 5.09. The Morgan fingerprint density at radius 3 is 2.74 bits per heavy atom. The van der Waals surface area contributed by atoms with Crippen molar-refractivity contribution in [2.24, 2.45) is 0 Å². The van der Waals surface area contributed by atoms with E-state index >= 15 is 0 Å². The molecule has 1 amide bonds. The van der Waals surface area contributed by atoms with E-state index in [4.69, 9.17) is 0 Å². The first kappa shape index (κ1) is 14.5. The Labute approximate surface area is 131 Å². The zero-order chi connectivity index (χ0) is 13.9. The highest BCUT2D eigenvalue weighted by Crippen LogP contribution is 2.26. The molecule has 2 nitrogen and oxygen atoms in total. The van der Waals surface area contributed by atoms with Crippen molar-refractivity contribution in [1.82, 2.24) is 5.32 Å². The number of hydrogen-bond donors (Lipinski definition) is 1. The van der Waals surface area contributed by atoms with Crippen LogP contribution in [0.4, 0.5) is 0 Å². The molecule has 1 aromatic heterocycles. The van der Waals surface area contributed by atoms with Gasteiger partial charge in [0.2, 0.25) is 0 Å². The lowest BCUT2D eigenvalue weighted by atomic mass is 9.91. The minimum Gasteiger partial charge on any atom is -0.351 e. The van der Waals surface area contributed by atoms with Crippen molar-refractivity contribution in [3.8, 4) is 0 Å². The Morgan fingerprint density at radius 1 is 1.32 bits per heavy atom. The number of amides is 1. The average molecular weight is 385 g/mol. The zero-order valence-corrected chi connectivity index (χ0v) is 13.9. The predicted octanol–water partition coefficient (Wildman–Crippen LogP) is 4.06. The molecule has 0 saturated heterocycles.